The molecular weight excluding hydrogens is 274 g/mol. The Hall–Kier alpha value is -0.340. The van der Waals surface area contributed by atoms with Gasteiger partial charge in [0, 0.05) is 4.47 Å². The number of benzene rings is 1. The fraction of sp³-hybridized carbons (Fsp3) is 0.600. The van der Waals surface area contributed by atoms with Gasteiger partial charge >= 0.3 is 0 Å². The third-order valence-corrected chi connectivity index (χ3v) is 3.67. The van der Waals surface area contributed by atoms with Crippen LogP contribution in [0.4, 0.5) is 0 Å². The average molecular weight is 298 g/mol. The normalized spacial score (nSPS) is 13.0. The van der Waals surface area contributed by atoms with Crippen LogP contribution >= 0.6 is 15.9 Å². The summed E-state index contributed by atoms with van der Waals surface area (Å²) in [6.07, 6.45) is 2.40. The van der Waals surface area contributed by atoms with Crippen molar-refractivity contribution < 1.29 is 0 Å². The van der Waals surface area contributed by atoms with Gasteiger partial charge in [-0.25, -0.2) is 0 Å². The smallest absolute Gasteiger partial charge is 0.0207 e. The average Bonchev–Trinajstić information content (AvgIpc) is 2.27. The molecule has 1 rings (SSSR count). The van der Waals surface area contributed by atoms with Gasteiger partial charge in [0.2, 0.25) is 0 Å². The van der Waals surface area contributed by atoms with Gasteiger partial charge in [0.25, 0.3) is 0 Å². The Labute approximate surface area is 114 Å². The van der Waals surface area contributed by atoms with Gasteiger partial charge in [-0.1, -0.05) is 54.9 Å². The monoisotopic (exact) mass is 297 g/mol. The zero-order valence-corrected chi connectivity index (χ0v) is 12.8. The van der Waals surface area contributed by atoms with Crippen LogP contribution in [0.25, 0.3) is 0 Å². The van der Waals surface area contributed by atoms with Crippen LogP contribution in [0.5, 0.6) is 0 Å². The van der Waals surface area contributed by atoms with Gasteiger partial charge < -0.3 is 5.32 Å². The van der Waals surface area contributed by atoms with Crippen molar-refractivity contribution in [1.82, 2.24) is 5.32 Å². The Morgan fingerprint density at radius 1 is 1.18 bits per heavy atom. The predicted molar refractivity (Wildman–Crippen MR) is 79.3 cm³/mol. The Bertz CT molecular complexity index is 322. The molecule has 96 valence electrons. The molecule has 0 spiro atoms. The van der Waals surface area contributed by atoms with Gasteiger partial charge in [-0.2, -0.15) is 0 Å². The third-order valence-electron chi connectivity index (χ3n) is 2.89. The van der Waals surface area contributed by atoms with Crippen LogP contribution in [0.15, 0.2) is 28.7 Å². The Kier molecular flexibility index (Phi) is 6.83. The molecule has 2 heteroatoms. The molecule has 1 N–H and O–H groups in total. The maximum atomic E-state index is 3.61. The summed E-state index contributed by atoms with van der Waals surface area (Å²) < 4.78 is 1.24. The molecule has 0 aliphatic rings. The topological polar surface area (TPSA) is 12.0 Å². The second-order valence-electron chi connectivity index (χ2n) is 5.29. The van der Waals surface area contributed by atoms with Crippen molar-refractivity contribution in [2.45, 2.75) is 33.6 Å². The summed E-state index contributed by atoms with van der Waals surface area (Å²) >= 11 is 3.61. The lowest BCUT2D eigenvalue weighted by Gasteiger charge is -2.14. The van der Waals surface area contributed by atoms with Crippen molar-refractivity contribution in [3.05, 3.63) is 34.3 Å². The van der Waals surface area contributed by atoms with Crippen LogP contribution in [0.2, 0.25) is 0 Å². The molecule has 0 aliphatic carbocycles. The van der Waals surface area contributed by atoms with Crippen molar-refractivity contribution in [3.63, 3.8) is 0 Å². The van der Waals surface area contributed by atoms with Crippen LogP contribution in [-0.2, 0) is 6.42 Å². The molecule has 0 radical (unpaired) electrons. The molecule has 1 atom stereocenters. The number of hydrogen-bond acceptors (Lipinski definition) is 1. The van der Waals surface area contributed by atoms with E-state index < -0.39 is 0 Å². The van der Waals surface area contributed by atoms with Gasteiger partial charge in [-0.3, -0.25) is 0 Å². The standard InChI is InChI=1S/C15H24BrN/c1-12(2)11-17-9-8-13(3)10-14-6-4-5-7-15(14)16/h4-7,12-13,17H,8-11H2,1-3H3. The SMILES string of the molecule is CC(C)CNCCC(C)Cc1ccccc1Br. The molecule has 0 saturated carbocycles. The Morgan fingerprint density at radius 3 is 2.53 bits per heavy atom. The fourth-order valence-electron chi connectivity index (χ4n) is 1.88. The minimum atomic E-state index is 0.730. The molecule has 1 unspecified atom stereocenters. The minimum Gasteiger partial charge on any atom is -0.316 e. The molecule has 0 fully saturated rings. The van der Waals surface area contributed by atoms with E-state index in [0.29, 0.717) is 0 Å². The zero-order valence-electron chi connectivity index (χ0n) is 11.2. The summed E-state index contributed by atoms with van der Waals surface area (Å²) in [5, 5.41) is 3.50. The van der Waals surface area contributed by atoms with Gasteiger partial charge in [-0.05, 0) is 49.4 Å². The first-order valence-corrected chi connectivity index (χ1v) is 7.33. The molecule has 1 aromatic rings. The highest BCUT2D eigenvalue weighted by molar-refractivity contribution is 9.10. The van der Waals surface area contributed by atoms with E-state index in [-0.39, 0.29) is 0 Å². The van der Waals surface area contributed by atoms with E-state index in [9.17, 15) is 0 Å². The van der Waals surface area contributed by atoms with Gasteiger partial charge in [0.15, 0.2) is 0 Å². The number of hydrogen-bond donors (Lipinski definition) is 1. The first kappa shape index (κ1) is 14.7. The quantitative estimate of drug-likeness (QED) is 0.742. The molecule has 0 bridgehead atoms. The van der Waals surface area contributed by atoms with E-state index in [0.717, 1.165) is 31.3 Å². The lowest BCUT2D eigenvalue weighted by molar-refractivity contribution is 0.474. The van der Waals surface area contributed by atoms with Gasteiger partial charge in [0.1, 0.15) is 0 Å². The van der Waals surface area contributed by atoms with E-state index in [4.69, 9.17) is 0 Å². The molecule has 0 aromatic heterocycles. The highest BCUT2D eigenvalue weighted by Crippen LogP contribution is 2.20. The highest BCUT2D eigenvalue weighted by Gasteiger charge is 2.06. The summed E-state index contributed by atoms with van der Waals surface area (Å²) in [4.78, 5) is 0. The maximum Gasteiger partial charge on any atom is 0.0207 e. The second-order valence-corrected chi connectivity index (χ2v) is 6.14. The van der Waals surface area contributed by atoms with Crippen molar-refractivity contribution in [1.29, 1.82) is 0 Å². The van der Waals surface area contributed by atoms with Crippen LogP contribution in [-0.4, -0.2) is 13.1 Å². The van der Waals surface area contributed by atoms with Crippen LogP contribution < -0.4 is 5.32 Å². The van der Waals surface area contributed by atoms with Crippen molar-refractivity contribution in [2.24, 2.45) is 11.8 Å². The Balaban J connectivity index is 2.25. The summed E-state index contributed by atoms with van der Waals surface area (Å²) in [5.41, 5.74) is 1.42. The van der Waals surface area contributed by atoms with E-state index in [2.05, 4.69) is 66.3 Å². The lowest BCUT2D eigenvalue weighted by Crippen LogP contribution is -2.22. The Morgan fingerprint density at radius 2 is 1.88 bits per heavy atom. The molecule has 1 nitrogen and oxygen atoms in total. The minimum absolute atomic E-state index is 0.730. The van der Waals surface area contributed by atoms with Gasteiger partial charge in [-0.15, -0.1) is 0 Å². The molecule has 0 aliphatic heterocycles. The maximum absolute atomic E-state index is 3.61. The van der Waals surface area contributed by atoms with Crippen molar-refractivity contribution in [2.75, 3.05) is 13.1 Å². The van der Waals surface area contributed by atoms with E-state index in [1.54, 1.807) is 0 Å². The molecule has 1 aromatic carbocycles. The lowest BCUT2D eigenvalue weighted by atomic mass is 9.98. The van der Waals surface area contributed by atoms with Crippen LogP contribution in [0, 0.1) is 11.8 Å². The largest absolute Gasteiger partial charge is 0.316 e. The summed E-state index contributed by atoms with van der Waals surface area (Å²) in [6, 6.07) is 8.52. The molecular formula is C15H24BrN. The molecule has 17 heavy (non-hydrogen) atoms. The predicted octanol–water partition coefficient (Wildman–Crippen LogP) is 4.26. The third kappa shape index (κ3) is 6.23. The zero-order chi connectivity index (χ0) is 12.7. The van der Waals surface area contributed by atoms with E-state index in [1.807, 2.05) is 0 Å². The summed E-state index contributed by atoms with van der Waals surface area (Å²) in [7, 11) is 0. The molecule has 0 saturated heterocycles. The van der Waals surface area contributed by atoms with Crippen LogP contribution in [0.1, 0.15) is 32.8 Å². The summed E-state index contributed by atoms with van der Waals surface area (Å²) in [5.74, 6) is 1.47. The summed E-state index contributed by atoms with van der Waals surface area (Å²) in [6.45, 7) is 9.08. The molecule has 0 amide bonds. The highest BCUT2D eigenvalue weighted by atomic mass is 79.9. The number of rotatable bonds is 7. The number of nitrogens with one attached hydrogen (secondary N) is 1. The number of halogens is 1. The first-order valence-electron chi connectivity index (χ1n) is 6.53. The fourth-order valence-corrected chi connectivity index (χ4v) is 2.33. The van der Waals surface area contributed by atoms with Crippen LogP contribution in [0.3, 0.4) is 0 Å². The molecule has 0 heterocycles. The second kappa shape index (κ2) is 7.88. The van der Waals surface area contributed by atoms with E-state index in [1.165, 1.54) is 16.5 Å². The first-order chi connectivity index (χ1) is 8.09. The van der Waals surface area contributed by atoms with Crippen molar-refractivity contribution in [3.8, 4) is 0 Å². The van der Waals surface area contributed by atoms with Gasteiger partial charge in [0.05, 0.1) is 0 Å². The van der Waals surface area contributed by atoms with E-state index >= 15 is 0 Å². The van der Waals surface area contributed by atoms with Crippen molar-refractivity contribution >= 4 is 15.9 Å².